The number of rotatable bonds is 5. The fraction of sp³-hybridized carbons (Fsp3) is 0.188. The van der Waals surface area contributed by atoms with Gasteiger partial charge in [0.1, 0.15) is 5.75 Å². The largest absolute Gasteiger partial charge is 0.484 e. The van der Waals surface area contributed by atoms with Gasteiger partial charge < -0.3 is 15.2 Å². The highest BCUT2D eigenvalue weighted by Crippen LogP contribution is 2.30. The van der Waals surface area contributed by atoms with E-state index in [0.29, 0.717) is 11.3 Å². The standard InChI is InChI=1S/C16H14F3NO3/c17-16(18,19)12-4-6-14(7-5-12)23-10-15(22)20-13-3-1-2-11(8-13)9-21/h1-8,21H,9-10H2,(H,20,22). The molecule has 0 aliphatic heterocycles. The summed E-state index contributed by atoms with van der Waals surface area (Å²) in [5.41, 5.74) is 0.360. The Morgan fingerprint density at radius 1 is 1.13 bits per heavy atom. The highest BCUT2D eigenvalue weighted by Gasteiger charge is 2.30. The molecule has 2 aromatic carbocycles. The van der Waals surface area contributed by atoms with Gasteiger partial charge in [0.15, 0.2) is 6.61 Å². The maximum atomic E-state index is 12.4. The first kappa shape index (κ1) is 16.8. The second-order valence-electron chi connectivity index (χ2n) is 4.72. The second-order valence-corrected chi connectivity index (χ2v) is 4.72. The van der Waals surface area contributed by atoms with Gasteiger partial charge in [-0.15, -0.1) is 0 Å². The Bertz CT molecular complexity index is 669. The minimum atomic E-state index is -4.41. The zero-order valence-electron chi connectivity index (χ0n) is 11.9. The van der Waals surface area contributed by atoms with Gasteiger partial charge in [0, 0.05) is 5.69 Å². The van der Waals surface area contributed by atoms with Crippen LogP contribution in [0, 0.1) is 0 Å². The van der Waals surface area contributed by atoms with E-state index in [4.69, 9.17) is 9.84 Å². The van der Waals surface area contributed by atoms with E-state index in [0.717, 1.165) is 24.3 Å². The average molecular weight is 325 g/mol. The number of anilines is 1. The van der Waals surface area contributed by atoms with Gasteiger partial charge in [-0.1, -0.05) is 12.1 Å². The van der Waals surface area contributed by atoms with Crippen molar-refractivity contribution in [3.63, 3.8) is 0 Å². The van der Waals surface area contributed by atoms with E-state index in [1.807, 2.05) is 0 Å². The number of carbonyl (C=O) groups excluding carboxylic acids is 1. The molecule has 0 spiro atoms. The van der Waals surface area contributed by atoms with Crippen LogP contribution in [-0.4, -0.2) is 17.6 Å². The lowest BCUT2D eigenvalue weighted by Crippen LogP contribution is -2.20. The van der Waals surface area contributed by atoms with Crippen molar-refractivity contribution >= 4 is 11.6 Å². The Labute approximate surface area is 130 Å². The highest BCUT2D eigenvalue weighted by atomic mass is 19.4. The third kappa shape index (κ3) is 5.00. The topological polar surface area (TPSA) is 58.6 Å². The van der Waals surface area contributed by atoms with E-state index < -0.39 is 17.6 Å². The molecule has 0 radical (unpaired) electrons. The number of hydrogen-bond acceptors (Lipinski definition) is 3. The van der Waals surface area contributed by atoms with Gasteiger partial charge in [0.25, 0.3) is 5.91 Å². The minimum Gasteiger partial charge on any atom is -0.484 e. The van der Waals surface area contributed by atoms with Crippen LogP contribution in [0.1, 0.15) is 11.1 Å². The van der Waals surface area contributed by atoms with Gasteiger partial charge in [0.05, 0.1) is 12.2 Å². The van der Waals surface area contributed by atoms with E-state index in [1.165, 1.54) is 0 Å². The molecule has 4 nitrogen and oxygen atoms in total. The lowest BCUT2D eigenvalue weighted by atomic mass is 10.2. The molecule has 2 aromatic rings. The van der Waals surface area contributed by atoms with Crippen molar-refractivity contribution in [2.75, 3.05) is 11.9 Å². The number of halogens is 3. The van der Waals surface area contributed by atoms with Crippen LogP contribution >= 0.6 is 0 Å². The van der Waals surface area contributed by atoms with Gasteiger partial charge in [-0.25, -0.2) is 0 Å². The normalized spacial score (nSPS) is 11.1. The third-order valence-corrected chi connectivity index (χ3v) is 2.94. The van der Waals surface area contributed by atoms with E-state index in [9.17, 15) is 18.0 Å². The third-order valence-electron chi connectivity index (χ3n) is 2.94. The van der Waals surface area contributed by atoms with Crippen molar-refractivity contribution in [2.45, 2.75) is 12.8 Å². The smallest absolute Gasteiger partial charge is 0.416 e. The summed E-state index contributed by atoms with van der Waals surface area (Å²) in [6.45, 7) is -0.486. The molecule has 0 aromatic heterocycles. The molecule has 0 saturated heterocycles. The van der Waals surface area contributed by atoms with Crippen LogP contribution in [0.25, 0.3) is 0 Å². The Morgan fingerprint density at radius 2 is 1.83 bits per heavy atom. The molecule has 0 heterocycles. The quantitative estimate of drug-likeness (QED) is 0.887. The van der Waals surface area contributed by atoms with Crippen molar-refractivity contribution in [3.8, 4) is 5.75 Å². The van der Waals surface area contributed by atoms with Crippen molar-refractivity contribution in [1.29, 1.82) is 0 Å². The predicted molar refractivity (Wildman–Crippen MR) is 77.9 cm³/mol. The second kappa shape index (κ2) is 7.15. The first-order chi connectivity index (χ1) is 10.9. The van der Waals surface area contributed by atoms with E-state index in [1.54, 1.807) is 24.3 Å². The molecule has 122 valence electrons. The number of nitrogens with one attached hydrogen (secondary N) is 1. The number of amides is 1. The number of alkyl halides is 3. The predicted octanol–water partition coefficient (Wildman–Crippen LogP) is 3.22. The molecule has 0 unspecified atom stereocenters. The monoisotopic (exact) mass is 325 g/mol. The fourth-order valence-electron chi connectivity index (χ4n) is 1.83. The Balaban J connectivity index is 1.89. The van der Waals surface area contributed by atoms with Gasteiger partial charge in [-0.2, -0.15) is 13.2 Å². The SMILES string of the molecule is O=C(COc1ccc(C(F)(F)F)cc1)Nc1cccc(CO)c1. The van der Waals surface area contributed by atoms with Gasteiger partial charge in [0.2, 0.25) is 0 Å². The fourth-order valence-corrected chi connectivity index (χ4v) is 1.83. The van der Waals surface area contributed by atoms with Gasteiger partial charge >= 0.3 is 6.18 Å². The maximum Gasteiger partial charge on any atom is 0.416 e. The summed E-state index contributed by atoms with van der Waals surface area (Å²) < 4.78 is 42.4. The zero-order valence-corrected chi connectivity index (χ0v) is 11.9. The van der Waals surface area contributed by atoms with Crippen LogP contribution < -0.4 is 10.1 Å². The van der Waals surface area contributed by atoms with Crippen molar-refractivity contribution in [1.82, 2.24) is 0 Å². The number of carbonyl (C=O) groups is 1. The molecule has 7 heteroatoms. The summed E-state index contributed by atoms with van der Waals surface area (Å²) >= 11 is 0. The first-order valence-corrected chi connectivity index (χ1v) is 6.68. The van der Waals surface area contributed by atoms with Crippen molar-refractivity contribution in [3.05, 3.63) is 59.7 Å². The molecule has 2 N–H and O–H groups in total. The summed E-state index contributed by atoms with van der Waals surface area (Å²) in [7, 11) is 0. The lowest BCUT2D eigenvalue weighted by Gasteiger charge is -2.10. The molecule has 1 amide bonds. The van der Waals surface area contributed by atoms with E-state index >= 15 is 0 Å². The number of benzene rings is 2. The number of hydrogen-bond donors (Lipinski definition) is 2. The van der Waals surface area contributed by atoms with E-state index in [2.05, 4.69) is 5.32 Å². The van der Waals surface area contributed by atoms with Crippen LogP contribution in [0.4, 0.5) is 18.9 Å². The number of ether oxygens (including phenoxy) is 1. The van der Waals surface area contributed by atoms with Crippen molar-refractivity contribution < 1.29 is 27.8 Å². The van der Waals surface area contributed by atoms with Crippen LogP contribution in [0.2, 0.25) is 0 Å². The molecular weight excluding hydrogens is 311 g/mol. The zero-order chi connectivity index (χ0) is 16.9. The summed E-state index contributed by atoms with van der Waals surface area (Å²) in [4.78, 5) is 11.7. The molecule has 2 rings (SSSR count). The molecule has 0 saturated carbocycles. The molecule has 0 fully saturated rings. The minimum absolute atomic E-state index is 0.147. The summed E-state index contributed by atoms with van der Waals surface area (Å²) in [5, 5.41) is 11.6. The molecule has 0 bridgehead atoms. The number of aliphatic hydroxyl groups is 1. The van der Waals surface area contributed by atoms with Crippen molar-refractivity contribution in [2.24, 2.45) is 0 Å². The maximum absolute atomic E-state index is 12.4. The Kier molecular flexibility index (Phi) is 5.23. The number of aliphatic hydroxyl groups excluding tert-OH is 1. The molecule has 0 atom stereocenters. The molecular formula is C16H14F3NO3. The van der Waals surface area contributed by atoms with Gasteiger partial charge in [-0.3, -0.25) is 4.79 Å². The summed E-state index contributed by atoms with van der Waals surface area (Å²) in [6, 6.07) is 10.7. The highest BCUT2D eigenvalue weighted by molar-refractivity contribution is 5.91. The van der Waals surface area contributed by atoms with Crippen LogP contribution in [0.3, 0.4) is 0 Å². The van der Waals surface area contributed by atoms with Gasteiger partial charge in [-0.05, 0) is 42.0 Å². The summed E-state index contributed by atoms with van der Waals surface area (Å²) in [5.74, 6) is -0.294. The lowest BCUT2D eigenvalue weighted by molar-refractivity contribution is -0.137. The van der Waals surface area contributed by atoms with Crippen LogP contribution in [-0.2, 0) is 17.6 Å². The van der Waals surface area contributed by atoms with Crippen LogP contribution in [0.15, 0.2) is 48.5 Å². The molecule has 23 heavy (non-hydrogen) atoms. The average Bonchev–Trinajstić information content (AvgIpc) is 2.52. The summed E-state index contributed by atoms with van der Waals surface area (Å²) in [6.07, 6.45) is -4.41. The Morgan fingerprint density at radius 3 is 2.43 bits per heavy atom. The van der Waals surface area contributed by atoms with Crippen LogP contribution in [0.5, 0.6) is 5.75 Å². The molecule has 0 aliphatic carbocycles. The molecule has 0 aliphatic rings. The van der Waals surface area contributed by atoms with E-state index in [-0.39, 0.29) is 19.0 Å². The first-order valence-electron chi connectivity index (χ1n) is 6.68. The Hall–Kier alpha value is -2.54.